The van der Waals surface area contributed by atoms with Crippen LogP contribution in [0.25, 0.3) is 17.2 Å². The lowest BCUT2D eigenvalue weighted by Crippen LogP contribution is -1.93. The van der Waals surface area contributed by atoms with Crippen LogP contribution in [0.2, 0.25) is 0 Å². The fraction of sp³-hybridized carbons (Fsp3) is 0. The maximum atomic E-state index is 12.1. The van der Waals surface area contributed by atoms with Crippen molar-refractivity contribution in [1.82, 2.24) is 4.98 Å². The largest absolute Gasteiger partial charge is 0.417 e. The molecule has 0 bridgehead atoms. The van der Waals surface area contributed by atoms with E-state index in [0.29, 0.717) is 16.7 Å². The second-order valence-corrected chi connectivity index (χ2v) is 4.33. The molecule has 3 aromatic rings. The zero-order valence-corrected chi connectivity index (χ0v) is 10.5. The van der Waals surface area contributed by atoms with Crippen molar-refractivity contribution < 1.29 is 9.21 Å². The van der Waals surface area contributed by atoms with E-state index in [-0.39, 0.29) is 5.78 Å². The predicted octanol–water partition coefficient (Wildman–Crippen LogP) is 3.02. The van der Waals surface area contributed by atoms with Crippen LogP contribution in [0, 0.1) is 0 Å². The van der Waals surface area contributed by atoms with Gasteiger partial charge in [0.1, 0.15) is 0 Å². The molecule has 0 atom stereocenters. The number of nitrogens with one attached hydrogen (secondary N) is 1. The fourth-order valence-corrected chi connectivity index (χ4v) is 1.93. The second-order valence-electron chi connectivity index (χ2n) is 4.33. The summed E-state index contributed by atoms with van der Waals surface area (Å²) in [6.45, 7) is 0. The van der Waals surface area contributed by atoms with E-state index in [1.54, 1.807) is 24.3 Å². The van der Waals surface area contributed by atoms with Gasteiger partial charge in [0.15, 0.2) is 11.4 Å². The lowest BCUT2D eigenvalue weighted by atomic mass is 10.1. The van der Waals surface area contributed by atoms with Crippen LogP contribution < -0.4 is 5.76 Å². The summed E-state index contributed by atoms with van der Waals surface area (Å²) in [6, 6.07) is 14.4. The third kappa shape index (κ3) is 2.44. The van der Waals surface area contributed by atoms with Crippen molar-refractivity contribution >= 4 is 23.0 Å². The summed E-state index contributed by atoms with van der Waals surface area (Å²) >= 11 is 0. The van der Waals surface area contributed by atoms with Crippen molar-refractivity contribution in [3.05, 3.63) is 76.3 Å². The number of fused-ring (bicyclic) bond motifs is 1. The molecule has 4 heteroatoms. The molecule has 0 aliphatic heterocycles. The normalized spacial score (nSPS) is 11.2. The first-order valence-corrected chi connectivity index (χ1v) is 6.13. The number of rotatable bonds is 3. The van der Waals surface area contributed by atoms with Gasteiger partial charge in [-0.15, -0.1) is 0 Å². The Morgan fingerprint density at radius 1 is 1.10 bits per heavy atom. The molecule has 0 unspecified atom stereocenters. The van der Waals surface area contributed by atoms with Gasteiger partial charge >= 0.3 is 5.76 Å². The quantitative estimate of drug-likeness (QED) is 0.585. The molecular formula is C16H11NO3. The molecule has 3 rings (SSSR count). The molecule has 0 amide bonds. The summed E-state index contributed by atoms with van der Waals surface area (Å²) < 4.78 is 4.93. The van der Waals surface area contributed by atoms with Gasteiger partial charge in [0.05, 0.1) is 5.52 Å². The Hall–Kier alpha value is -2.88. The number of carbonyl (C=O) groups excluding carboxylic acids is 1. The van der Waals surface area contributed by atoms with E-state index in [4.69, 9.17) is 4.42 Å². The highest BCUT2D eigenvalue weighted by molar-refractivity contribution is 6.08. The van der Waals surface area contributed by atoms with E-state index in [2.05, 4.69) is 4.98 Å². The van der Waals surface area contributed by atoms with Crippen LogP contribution in [-0.2, 0) is 0 Å². The van der Waals surface area contributed by atoms with Crippen molar-refractivity contribution in [2.75, 3.05) is 0 Å². The fourth-order valence-electron chi connectivity index (χ4n) is 1.93. The second kappa shape index (κ2) is 5.01. The van der Waals surface area contributed by atoms with Gasteiger partial charge in [0.25, 0.3) is 0 Å². The van der Waals surface area contributed by atoms with Crippen molar-refractivity contribution in [3.8, 4) is 0 Å². The average Bonchev–Trinajstić information content (AvgIpc) is 2.85. The Labute approximate surface area is 114 Å². The summed E-state index contributed by atoms with van der Waals surface area (Å²) in [7, 11) is 0. The number of allylic oxidation sites excluding steroid dienone is 1. The van der Waals surface area contributed by atoms with Crippen molar-refractivity contribution in [2.45, 2.75) is 0 Å². The molecule has 0 saturated carbocycles. The highest BCUT2D eigenvalue weighted by atomic mass is 16.4. The van der Waals surface area contributed by atoms with Crippen LogP contribution in [0.1, 0.15) is 15.9 Å². The van der Waals surface area contributed by atoms with Gasteiger partial charge < -0.3 is 4.42 Å². The van der Waals surface area contributed by atoms with Crippen LogP contribution in [0.15, 0.2) is 63.8 Å². The van der Waals surface area contributed by atoms with E-state index in [1.807, 2.05) is 30.3 Å². The zero-order chi connectivity index (χ0) is 13.9. The number of ketones is 1. The Morgan fingerprint density at radius 3 is 2.70 bits per heavy atom. The van der Waals surface area contributed by atoms with Gasteiger partial charge in [-0.2, -0.15) is 0 Å². The third-order valence-corrected chi connectivity index (χ3v) is 2.93. The van der Waals surface area contributed by atoms with Gasteiger partial charge in [-0.05, 0) is 29.8 Å². The Bertz CT molecular complexity index is 841. The molecular weight excluding hydrogens is 254 g/mol. The molecule has 0 aliphatic rings. The predicted molar refractivity (Wildman–Crippen MR) is 76.6 cm³/mol. The summed E-state index contributed by atoms with van der Waals surface area (Å²) in [5.74, 6) is -0.663. The average molecular weight is 265 g/mol. The first kappa shape index (κ1) is 12.2. The molecule has 0 saturated heterocycles. The molecule has 1 N–H and O–H groups in total. The van der Waals surface area contributed by atoms with E-state index >= 15 is 0 Å². The number of aromatic amines is 1. The highest BCUT2D eigenvalue weighted by Crippen LogP contribution is 2.13. The van der Waals surface area contributed by atoms with Crippen LogP contribution >= 0.6 is 0 Å². The van der Waals surface area contributed by atoms with Crippen molar-refractivity contribution in [3.63, 3.8) is 0 Å². The summed E-state index contributed by atoms with van der Waals surface area (Å²) in [4.78, 5) is 25.6. The number of H-pyrrole nitrogens is 1. The standard InChI is InChI=1S/C16H11NO3/c18-14(9-6-11-4-2-1-3-5-11)12-7-8-13-15(10-12)20-16(19)17-13/h1-10H,(H,17,19)/b9-6+. The number of hydrogen-bond acceptors (Lipinski definition) is 3. The lowest BCUT2D eigenvalue weighted by molar-refractivity contribution is 0.104. The molecule has 1 aromatic heterocycles. The molecule has 4 nitrogen and oxygen atoms in total. The smallest absolute Gasteiger partial charge is 0.408 e. The van der Waals surface area contributed by atoms with E-state index in [1.165, 1.54) is 6.08 Å². The molecule has 0 radical (unpaired) electrons. The summed E-state index contributed by atoms with van der Waals surface area (Å²) in [6.07, 6.45) is 3.25. The topological polar surface area (TPSA) is 63.1 Å². The minimum absolute atomic E-state index is 0.139. The van der Waals surface area contributed by atoms with Gasteiger partial charge in [0, 0.05) is 5.56 Å². The number of hydrogen-bond donors (Lipinski definition) is 1. The third-order valence-electron chi connectivity index (χ3n) is 2.93. The lowest BCUT2D eigenvalue weighted by Gasteiger charge is -1.95. The van der Waals surface area contributed by atoms with Crippen LogP contribution in [0.4, 0.5) is 0 Å². The first-order chi connectivity index (χ1) is 9.72. The number of benzene rings is 2. The number of oxazole rings is 1. The minimum atomic E-state index is -0.524. The SMILES string of the molecule is O=C(/C=C/c1ccccc1)c1ccc2[nH]c(=O)oc2c1. The van der Waals surface area contributed by atoms with Gasteiger partial charge in [-0.1, -0.05) is 36.4 Å². The molecule has 2 aromatic carbocycles. The zero-order valence-electron chi connectivity index (χ0n) is 10.5. The molecule has 0 aliphatic carbocycles. The molecule has 0 spiro atoms. The summed E-state index contributed by atoms with van der Waals surface area (Å²) in [5, 5.41) is 0. The van der Waals surface area contributed by atoms with E-state index in [9.17, 15) is 9.59 Å². The maximum Gasteiger partial charge on any atom is 0.417 e. The van der Waals surface area contributed by atoms with Crippen molar-refractivity contribution in [2.24, 2.45) is 0 Å². The van der Waals surface area contributed by atoms with E-state index in [0.717, 1.165) is 5.56 Å². The minimum Gasteiger partial charge on any atom is -0.408 e. The van der Waals surface area contributed by atoms with Crippen LogP contribution in [0.3, 0.4) is 0 Å². The van der Waals surface area contributed by atoms with Crippen molar-refractivity contribution in [1.29, 1.82) is 0 Å². The molecule has 1 heterocycles. The maximum absolute atomic E-state index is 12.1. The first-order valence-electron chi connectivity index (χ1n) is 6.13. The summed E-state index contributed by atoms with van der Waals surface area (Å²) in [5.41, 5.74) is 2.40. The van der Waals surface area contributed by atoms with Gasteiger partial charge in [-0.3, -0.25) is 9.78 Å². The number of carbonyl (C=O) groups is 1. The Morgan fingerprint density at radius 2 is 1.90 bits per heavy atom. The molecule has 98 valence electrons. The Balaban J connectivity index is 1.88. The highest BCUT2D eigenvalue weighted by Gasteiger charge is 2.06. The Kier molecular flexibility index (Phi) is 3.05. The number of aromatic nitrogens is 1. The van der Waals surface area contributed by atoms with Crippen LogP contribution in [0.5, 0.6) is 0 Å². The van der Waals surface area contributed by atoms with E-state index < -0.39 is 5.76 Å². The molecule has 20 heavy (non-hydrogen) atoms. The monoisotopic (exact) mass is 265 g/mol. The molecule has 0 fully saturated rings. The van der Waals surface area contributed by atoms with Gasteiger partial charge in [0.2, 0.25) is 0 Å². The van der Waals surface area contributed by atoms with Crippen LogP contribution in [-0.4, -0.2) is 10.8 Å². The van der Waals surface area contributed by atoms with Gasteiger partial charge in [-0.25, -0.2) is 4.79 Å².